The Balaban J connectivity index is 1.99. The predicted molar refractivity (Wildman–Crippen MR) is 62.3 cm³/mol. The van der Waals surface area contributed by atoms with E-state index in [1.54, 1.807) is 6.07 Å². The minimum absolute atomic E-state index is 0.203. The Morgan fingerprint density at radius 3 is 2.89 bits per heavy atom. The summed E-state index contributed by atoms with van der Waals surface area (Å²) in [6, 6.07) is 4.72. The molecule has 19 heavy (non-hydrogen) atoms. The molecule has 0 aromatic heterocycles. The third-order valence-electron chi connectivity index (χ3n) is 3.71. The molecule has 0 amide bonds. The quantitative estimate of drug-likeness (QED) is 0.853. The Bertz CT molecular complexity index is 475. The van der Waals surface area contributed by atoms with E-state index in [-0.39, 0.29) is 17.4 Å². The zero-order valence-electron chi connectivity index (χ0n) is 10.2. The first-order chi connectivity index (χ1) is 9.04. The van der Waals surface area contributed by atoms with Gasteiger partial charge in [-0.1, -0.05) is 12.1 Å². The Morgan fingerprint density at radius 2 is 2.11 bits per heavy atom. The lowest BCUT2D eigenvalue weighted by atomic mass is 9.87. The summed E-state index contributed by atoms with van der Waals surface area (Å²) in [6.45, 7) is 2.09. The van der Waals surface area contributed by atoms with Crippen molar-refractivity contribution in [3.05, 3.63) is 23.8 Å². The molecule has 1 N–H and O–H groups in total. The van der Waals surface area contributed by atoms with E-state index < -0.39 is 6.36 Å². The molecule has 1 aromatic carbocycles. The van der Waals surface area contributed by atoms with E-state index in [0.717, 1.165) is 25.1 Å². The molecule has 3 nitrogen and oxygen atoms in total. The third kappa shape index (κ3) is 2.49. The predicted octanol–water partition coefficient (Wildman–Crippen LogP) is 2.67. The van der Waals surface area contributed by atoms with E-state index in [9.17, 15) is 13.2 Å². The van der Waals surface area contributed by atoms with Crippen LogP contribution in [0.2, 0.25) is 0 Å². The smallest absolute Gasteiger partial charge is 0.489 e. The number of rotatable bonds is 1. The molecule has 2 atom stereocenters. The fourth-order valence-electron chi connectivity index (χ4n) is 2.90. The second-order valence-corrected chi connectivity index (χ2v) is 4.88. The zero-order valence-corrected chi connectivity index (χ0v) is 10.2. The molecule has 1 fully saturated rings. The minimum atomic E-state index is -4.70. The molecule has 2 aliphatic heterocycles. The van der Waals surface area contributed by atoms with E-state index in [2.05, 4.69) is 10.1 Å². The number of hydrogen-bond acceptors (Lipinski definition) is 3. The van der Waals surface area contributed by atoms with Gasteiger partial charge in [-0.2, -0.15) is 0 Å². The van der Waals surface area contributed by atoms with Crippen molar-refractivity contribution in [2.75, 3.05) is 19.7 Å². The first-order valence-corrected chi connectivity index (χ1v) is 6.27. The summed E-state index contributed by atoms with van der Waals surface area (Å²) in [4.78, 5) is 0. The molecule has 6 heteroatoms. The van der Waals surface area contributed by atoms with Crippen molar-refractivity contribution in [3.8, 4) is 11.5 Å². The standard InChI is InChI=1S/C13H14F3NO2/c14-13(15,16)19-11-3-1-2-9-10-7-17-6-8(10)4-5-18-12(9)11/h1-3,8,10,17H,4-7H2/t8?,10-/m0/s1. The van der Waals surface area contributed by atoms with Crippen LogP contribution in [0.25, 0.3) is 0 Å². The number of ether oxygens (including phenoxy) is 2. The molecule has 2 heterocycles. The van der Waals surface area contributed by atoms with Crippen molar-refractivity contribution < 1.29 is 22.6 Å². The maximum atomic E-state index is 12.4. The van der Waals surface area contributed by atoms with Crippen LogP contribution in [0, 0.1) is 5.92 Å². The lowest BCUT2D eigenvalue weighted by Gasteiger charge is -2.18. The normalized spacial score (nSPS) is 26.1. The van der Waals surface area contributed by atoms with Gasteiger partial charge in [0.15, 0.2) is 11.5 Å². The highest BCUT2D eigenvalue weighted by Crippen LogP contribution is 2.44. The monoisotopic (exact) mass is 273 g/mol. The average molecular weight is 273 g/mol. The number of fused-ring (bicyclic) bond motifs is 3. The molecule has 0 radical (unpaired) electrons. The number of alkyl halides is 3. The Hall–Kier alpha value is -1.43. The van der Waals surface area contributed by atoms with E-state index >= 15 is 0 Å². The highest BCUT2D eigenvalue weighted by Gasteiger charge is 2.37. The van der Waals surface area contributed by atoms with Gasteiger partial charge in [0.05, 0.1) is 6.61 Å². The van der Waals surface area contributed by atoms with Crippen LogP contribution in [-0.4, -0.2) is 26.1 Å². The van der Waals surface area contributed by atoms with Crippen molar-refractivity contribution in [1.82, 2.24) is 5.32 Å². The molecule has 1 aromatic rings. The van der Waals surface area contributed by atoms with Crippen molar-refractivity contribution in [1.29, 1.82) is 0 Å². The summed E-state index contributed by atoms with van der Waals surface area (Å²) >= 11 is 0. The maximum absolute atomic E-state index is 12.4. The summed E-state index contributed by atoms with van der Waals surface area (Å²) in [5, 5.41) is 3.28. The van der Waals surface area contributed by atoms with Gasteiger partial charge in [-0.15, -0.1) is 13.2 Å². The third-order valence-corrected chi connectivity index (χ3v) is 3.71. The fourth-order valence-corrected chi connectivity index (χ4v) is 2.90. The van der Waals surface area contributed by atoms with Gasteiger partial charge in [0.1, 0.15) is 0 Å². The van der Waals surface area contributed by atoms with Crippen molar-refractivity contribution in [2.24, 2.45) is 5.92 Å². The Labute approximate surface area is 108 Å². The lowest BCUT2D eigenvalue weighted by Crippen LogP contribution is -2.18. The van der Waals surface area contributed by atoms with E-state index in [4.69, 9.17) is 4.74 Å². The van der Waals surface area contributed by atoms with Gasteiger partial charge in [-0.25, -0.2) is 0 Å². The Morgan fingerprint density at radius 1 is 1.26 bits per heavy atom. The molecule has 1 unspecified atom stereocenters. The highest BCUT2D eigenvalue weighted by molar-refractivity contribution is 5.49. The summed E-state index contributed by atoms with van der Waals surface area (Å²) in [5.41, 5.74) is 0.814. The first-order valence-electron chi connectivity index (χ1n) is 6.27. The average Bonchev–Trinajstić information content (AvgIpc) is 2.70. The van der Waals surface area contributed by atoms with E-state index in [0.29, 0.717) is 12.5 Å². The number of hydrogen-bond donors (Lipinski definition) is 1. The maximum Gasteiger partial charge on any atom is 0.573 e. The number of benzene rings is 1. The number of halogens is 3. The van der Waals surface area contributed by atoms with Crippen LogP contribution >= 0.6 is 0 Å². The van der Waals surface area contributed by atoms with Gasteiger partial charge in [-0.3, -0.25) is 0 Å². The Kier molecular flexibility index (Phi) is 3.05. The van der Waals surface area contributed by atoms with E-state index in [1.807, 2.05) is 6.07 Å². The topological polar surface area (TPSA) is 30.5 Å². The van der Waals surface area contributed by atoms with Crippen molar-refractivity contribution in [2.45, 2.75) is 18.7 Å². The van der Waals surface area contributed by atoms with Gasteiger partial charge in [0, 0.05) is 18.0 Å². The van der Waals surface area contributed by atoms with Gasteiger partial charge in [-0.05, 0) is 24.9 Å². The molecule has 0 bridgehead atoms. The van der Waals surface area contributed by atoms with Crippen molar-refractivity contribution >= 4 is 0 Å². The summed E-state index contributed by atoms with van der Waals surface area (Å²) < 4.78 is 46.7. The summed E-state index contributed by atoms with van der Waals surface area (Å²) in [7, 11) is 0. The molecule has 0 spiro atoms. The van der Waals surface area contributed by atoms with Crippen LogP contribution in [0.3, 0.4) is 0 Å². The van der Waals surface area contributed by atoms with Crippen LogP contribution in [-0.2, 0) is 0 Å². The second kappa shape index (κ2) is 4.59. The molecular weight excluding hydrogens is 259 g/mol. The second-order valence-electron chi connectivity index (χ2n) is 4.88. The number of para-hydroxylation sites is 1. The molecule has 104 valence electrons. The highest BCUT2D eigenvalue weighted by atomic mass is 19.4. The van der Waals surface area contributed by atoms with E-state index in [1.165, 1.54) is 6.07 Å². The molecule has 0 aliphatic carbocycles. The molecule has 3 rings (SSSR count). The molecule has 2 aliphatic rings. The lowest BCUT2D eigenvalue weighted by molar-refractivity contribution is -0.275. The van der Waals surface area contributed by atoms with Gasteiger partial charge >= 0.3 is 6.36 Å². The zero-order chi connectivity index (χ0) is 13.5. The van der Waals surface area contributed by atoms with Crippen LogP contribution in [0.1, 0.15) is 17.9 Å². The minimum Gasteiger partial charge on any atom is -0.489 e. The first kappa shape index (κ1) is 12.6. The van der Waals surface area contributed by atoms with Crippen LogP contribution < -0.4 is 14.8 Å². The van der Waals surface area contributed by atoms with Gasteiger partial charge in [0.25, 0.3) is 0 Å². The van der Waals surface area contributed by atoms with Gasteiger partial charge in [0.2, 0.25) is 0 Å². The van der Waals surface area contributed by atoms with Crippen LogP contribution in [0.5, 0.6) is 11.5 Å². The van der Waals surface area contributed by atoms with Crippen LogP contribution in [0.15, 0.2) is 18.2 Å². The summed E-state index contributed by atoms with van der Waals surface area (Å²) in [6.07, 6.45) is -3.85. The molecule has 0 saturated carbocycles. The summed E-state index contributed by atoms with van der Waals surface area (Å²) in [5.74, 6) is 0.630. The fraction of sp³-hybridized carbons (Fsp3) is 0.538. The van der Waals surface area contributed by atoms with Crippen molar-refractivity contribution in [3.63, 3.8) is 0 Å². The van der Waals surface area contributed by atoms with Gasteiger partial charge < -0.3 is 14.8 Å². The molecular formula is C13H14F3NO2. The SMILES string of the molecule is FC(F)(F)Oc1cccc2c1OCCC1CNC[C@H]21. The largest absolute Gasteiger partial charge is 0.573 e. The molecule has 1 saturated heterocycles. The number of nitrogens with one attached hydrogen (secondary N) is 1. The van der Waals surface area contributed by atoms with Crippen LogP contribution in [0.4, 0.5) is 13.2 Å².